The van der Waals surface area contributed by atoms with Crippen LogP contribution < -0.4 is 10.2 Å². The smallest absolute Gasteiger partial charge is 0.294 e. The van der Waals surface area contributed by atoms with Crippen molar-refractivity contribution < 1.29 is 43.7 Å². The molecule has 0 fully saturated rings. The Labute approximate surface area is 299 Å². The van der Waals surface area contributed by atoms with E-state index >= 15 is 0 Å². The molecule has 12 nitrogen and oxygen atoms in total. The summed E-state index contributed by atoms with van der Waals surface area (Å²) in [5, 5.41) is 2.75. The molecule has 2 heterocycles. The first kappa shape index (κ1) is 39.8. The Bertz CT molecular complexity index is 2080. The fourth-order valence-corrected chi connectivity index (χ4v) is 9.31. The second-order valence-corrected chi connectivity index (χ2v) is 20.9. The fourth-order valence-electron chi connectivity index (χ4n) is 6.65. The minimum Gasteiger partial charge on any atom is -0.355 e. The van der Waals surface area contributed by atoms with Gasteiger partial charge in [-0.2, -0.15) is 21.4 Å². The lowest BCUT2D eigenvalue weighted by Crippen LogP contribution is -2.28. The lowest BCUT2D eigenvalue weighted by molar-refractivity contribution is -0.438. The van der Waals surface area contributed by atoms with E-state index in [0.717, 1.165) is 63.8 Å². The molecule has 2 aliphatic rings. The van der Waals surface area contributed by atoms with Gasteiger partial charge in [0.15, 0.2) is 14.6 Å². The summed E-state index contributed by atoms with van der Waals surface area (Å²) in [5.74, 6) is 0.146. The summed E-state index contributed by atoms with van der Waals surface area (Å²) >= 11 is 0. The van der Waals surface area contributed by atoms with Crippen LogP contribution in [-0.2, 0) is 44.7 Å². The first-order chi connectivity index (χ1) is 23.1. The number of rotatable bonds is 15. The van der Waals surface area contributed by atoms with Gasteiger partial charge in [0.05, 0.1) is 15.2 Å². The van der Waals surface area contributed by atoms with Crippen LogP contribution in [0.1, 0.15) is 71.4 Å². The van der Waals surface area contributed by atoms with E-state index in [4.69, 9.17) is 0 Å². The Morgan fingerprint density at radius 1 is 0.900 bits per heavy atom. The molecule has 0 aromatic heterocycles. The summed E-state index contributed by atoms with van der Waals surface area (Å²) in [6.45, 7) is 11.4. The zero-order chi connectivity index (χ0) is 37.3. The van der Waals surface area contributed by atoms with Gasteiger partial charge in [-0.3, -0.25) is 13.9 Å². The number of hydrogen-bond acceptors (Lipinski definition) is 9. The molecule has 50 heavy (non-hydrogen) atoms. The minimum absolute atomic E-state index is 0.139. The SMILES string of the molecule is CCN1C(=C/C=C/C2=[N+](CCCCCC(=O)NCCSS(C)(=O)=O)c3ccc(S(=O)(=O)O)cc3C2(C)C)C(C)(C)c2cc(S(=O)(=O)O)ccc21. The molecule has 2 aromatic rings. The topological polar surface area (TPSA) is 178 Å². The zero-order valence-corrected chi connectivity index (χ0v) is 32.4. The van der Waals surface area contributed by atoms with Crippen LogP contribution in [0.15, 0.2) is 70.1 Å². The van der Waals surface area contributed by atoms with E-state index in [0.29, 0.717) is 25.9 Å². The zero-order valence-electron chi connectivity index (χ0n) is 29.1. The lowest BCUT2D eigenvalue weighted by atomic mass is 9.81. The number of anilines is 1. The average molecular weight is 769 g/mol. The molecule has 16 heteroatoms. The molecular weight excluding hydrogens is 723 g/mol. The number of fused-ring (bicyclic) bond motifs is 2. The molecule has 4 rings (SSSR count). The van der Waals surface area contributed by atoms with Crippen molar-refractivity contribution in [3.05, 3.63) is 71.5 Å². The Morgan fingerprint density at radius 2 is 1.52 bits per heavy atom. The van der Waals surface area contributed by atoms with Crippen molar-refractivity contribution in [1.82, 2.24) is 5.32 Å². The van der Waals surface area contributed by atoms with Gasteiger partial charge in [-0.25, -0.2) is 8.42 Å². The summed E-state index contributed by atoms with van der Waals surface area (Å²) in [7, 11) is -11.2. The van der Waals surface area contributed by atoms with E-state index in [1.807, 2.05) is 52.8 Å². The van der Waals surface area contributed by atoms with E-state index < -0.39 is 39.9 Å². The lowest BCUT2D eigenvalue weighted by Gasteiger charge is -2.25. The molecule has 0 saturated heterocycles. The molecule has 0 saturated carbocycles. The molecule has 3 N–H and O–H groups in total. The molecule has 2 aromatic carbocycles. The predicted molar refractivity (Wildman–Crippen MR) is 197 cm³/mol. The average Bonchev–Trinajstić information content (AvgIpc) is 3.35. The highest BCUT2D eigenvalue weighted by atomic mass is 33.1. The highest BCUT2D eigenvalue weighted by Crippen LogP contribution is 2.48. The molecule has 0 unspecified atom stereocenters. The maximum Gasteiger partial charge on any atom is 0.294 e. The van der Waals surface area contributed by atoms with Crippen molar-refractivity contribution in [3.63, 3.8) is 0 Å². The van der Waals surface area contributed by atoms with E-state index in [9.17, 15) is 39.2 Å². The number of carbonyl (C=O) groups excluding carboxylic acids is 1. The van der Waals surface area contributed by atoms with Crippen LogP contribution in [-0.4, -0.2) is 82.2 Å². The van der Waals surface area contributed by atoms with Crippen molar-refractivity contribution in [1.29, 1.82) is 0 Å². The quantitative estimate of drug-likeness (QED) is 0.0941. The number of nitrogens with one attached hydrogen (secondary N) is 1. The molecule has 0 radical (unpaired) electrons. The van der Waals surface area contributed by atoms with Crippen LogP contribution in [0.3, 0.4) is 0 Å². The van der Waals surface area contributed by atoms with Gasteiger partial charge in [0.2, 0.25) is 11.6 Å². The van der Waals surface area contributed by atoms with Gasteiger partial charge in [-0.1, -0.05) is 19.9 Å². The number of carbonyl (C=O) groups is 1. The molecule has 0 bridgehead atoms. The van der Waals surface area contributed by atoms with E-state index in [2.05, 4.69) is 14.8 Å². The summed E-state index contributed by atoms with van der Waals surface area (Å²) < 4.78 is 92.0. The van der Waals surface area contributed by atoms with Gasteiger partial charge in [0.25, 0.3) is 20.2 Å². The highest BCUT2D eigenvalue weighted by Gasteiger charge is 2.45. The first-order valence-electron chi connectivity index (χ1n) is 16.3. The molecule has 0 atom stereocenters. The second-order valence-electron chi connectivity index (χ2n) is 13.4. The Kier molecular flexibility index (Phi) is 11.9. The van der Waals surface area contributed by atoms with Gasteiger partial charge >= 0.3 is 0 Å². The molecule has 1 amide bonds. The van der Waals surface area contributed by atoms with Gasteiger partial charge in [-0.05, 0) is 86.4 Å². The van der Waals surface area contributed by atoms with Crippen LogP contribution in [0.2, 0.25) is 0 Å². The number of likely N-dealkylation sites (N-methyl/N-ethyl adjacent to an activating group) is 1. The summed E-state index contributed by atoms with van der Waals surface area (Å²) in [6, 6.07) is 9.20. The number of amides is 1. The number of hydrogen-bond donors (Lipinski definition) is 3. The second kappa shape index (κ2) is 14.9. The van der Waals surface area contributed by atoms with Crippen LogP contribution >= 0.6 is 10.8 Å². The third-order valence-corrected chi connectivity index (χ3v) is 13.4. The van der Waals surface area contributed by atoms with E-state index in [1.165, 1.54) is 24.3 Å². The van der Waals surface area contributed by atoms with Gasteiger partial charge in [0.1, 0.15) is 6.54 Å². The molecular formula is C34H46N3O9S4+. The minimum atomic E-state index is -4.43. The van der Waals surface area contributed by atoms with Crippen LogP contribution in [0.4, 0.5) is 11.4 Å². The third-order valence-electron chi connectivity index (χ3n) is 9.15. The molecule has 0 aliphatic carbocycles. The number of benzene rings is 2. The van der Waals surface area contributed by atoms with Crippen molar-refractivity contribution in [2.45, 2.75) is 80.9 Å². The van der Waals surface area contributed by atoms with Crippen molar-refractivity contribution in [3.8, 4) is 0 Å². The molecule has 2 aliphatic heterocycles. The summed E-state index contributed by atoms with van der Waals surface area (Å²) in [6.07, 6.45) is 9.45. The first-order valence-corrected chi connectivity index (χ1v) is 22.5. The van der Waals surface area contributed by atoms with Gasteiger partial charge in [-0.15, -0.1) is 0 Å². The number of allylic oxidation sites excluding steroid dienone is 4. The molecule has 274 valence electrons. The summed E-state index contributed by atoms with van der Waals surface area (Å²) in [5.41, 5.74) is 3.80. The van der Waals surface area contributed by atoms with Crippen molar-refractivity contribution >= 4 is 62.9 Å². The largest absolute Gasteiger partial charge is 0.355 e. The summed E-state index contributed by atoms with van der Waals surface area (Å²) in [4.78, 5) is 14.0. The van der Waals surface area contributed by atoms with Crippen molar-refractivity contribution in [2.24, 2.45) is 0 Å². The third kappa shape index (κ3) is 8.88. The van der Waals surface area contributed by atoms with Crippen LogP contribution in [0.25, 0.3) is 0 Å². The maximum atomic E-state index is 12.2. The standard InChI is InChI=1S/C34H45N3O9S4/c1-7-36-28-17-15-24(49(41,42)43)22-26(28)33(2,3)30(36)12-11-13-31-34(4,5)27-23-25(50(44,45)46)16-18-29(27)37(31)20-10-8-9-14-32(38)35-19-21-47-48(6,39)40/h11-13,15-18,22-23H,7-10,14,19-21H2,1-6H3,(H2-,35,38,41,42,43,44,45,46)/p+1. The number of nitrogens with zero attached hydrogens (tertiary/aromatic N) is 2. The fraction of sp³-hybridized carbons (Fsp3) is 0.471. The number of unbranched alkanes of at least 4 members (excludes halogenated alkanes) is 2. The van der Waals surface area contributed by atoms with E-state index in [1.54, 1.807) is 12.1 Å². The van der Waals surface area contributed by atoms with Crippen LogP contribution in [0.5, 0.6) is 0 Å². The van der Waals surface area contributed by atoms with Crippen LogP contribution in [0, 0.1) is 0 Å². The van der Waals surface area contributed by atoms with Crippen molar-refractivity contribution in [2.75, 3.05) is 36.5 Å². The van der Waals surface area contributed by atoms with E-state index in [-0.39, 0.29) is 28.0 Å². The van der Waals surface area contributed by atoms with Gasteiger partial charge in [0, 0.05) is 72.4 Å². The monoisotopic (exact) mass is 768 g/mol. The van der Waals surface area contributed by atoms with Gasteiger partial charge < -0.3 is 10.2 Å². The molecule has 0 spiro atoms. The maximum absolute atomic E-state index is 12.2. The Hall–Kier alpha value is -3.02. The predicted octanol–water partition coefficient (Wildman–Crippen LogP) is 5.18. The Morgan fingerprint density at radius 3 is 2.12 bits per heavy atom. The highest BCUT2D eigenvalue weighted by molar-refractivity contribution is 8.71. The normalized spacial score (nSPS) is 17.8. The Balaban J connectivity index is 1.59.